The minimum Gasteiger partial charge on any atom is -0.497 e. The second-order valence-electron chi connectivity index (χ2n) is 11.0. The maximum Gasteiger partial charge on any atom is 0.238 e. The van der Waals surface area contributed by atoms with Gasteiger partial charge >= 0.3 is 0 Å². The van der Waals surface area contributed by atoms with Gasteiger partial charge in [-0.2, -0.15) is 0 Å². The van der Waals surface area contributed by atoms with Crippen LogP contribution < -0.4 is 15.0 Å². The van der Waals surface area contributed by atoms with Crippen LogP contribution in [0.25, 0.3) is 5.57 Å². The summed E-state index contributed by atoms with van der Waals surface area (Å²) in [6.45, 7) is 2.00. The predicted octanol–water partition coefficient (Wildman–Crippen LogP) is 6.59. The minimum absolute atomic E-state index is 0.272. The van der Waals surface area contributed by atoms with Crippen LogP contribution in [0.1, 0.15) is 38.8 Å². The molecular weight excluding hydrogens is 548 g/mol. The molecule has 42 heavy (non-hydrogen) atoms. The van der Waals surface area contributed by atoms with Crippen molar-refractivity contribution in [2.75, 3.05) is 17.3 Å². The molecule has 0 radical (unpaired) electrons. The van der Waals surface area contributed by atoms with Crippen LogP contribution in [0.2, 0.25) is 5.02 Å². The van der Waals surface area contributed by atoms with E-state index in [2.05, 4.69) is 5.32 Å². The van der Waals surface area contributed by atoms with Gasteiger partial charge in [0.05, 0.1) is 24.1 Å². The fourth-order valence-corrected chi connectivity index (χ4v) is 7.39. The average Bonchev–Trinajstić information content (AvgIpc) is 3.49. The number of fused-ring (bicyclic) bond motifs is 6. The largest absolute Gasteiger partial charge is 0.497 e. The number of benzene rings is 4. The number of nitrogens with zero attached hydrogens (tertiary/aromatic N) is 1. The summed E-state index contributed by atoms with van der Waals surface area (Å²) in [5.74, 6) is -1.51. The molecule has 0 aliphatic carbocycles. The summed E-state index contributed by atoms with van der Waals surface area (Å²) in [6, 6.07) is 27.4. The normalized spacial score (nSPS) is 23.5. The molecule has 0 saturated carbocycles. The Balaban J connectivity index is 1.56. The van der Waals surface area contributed by atoms with Crippen molar-refractivity contribution in [1.82, 2.24) is 0 Å². The number of para-hydroxylation sites is 2. The monoisotopic (exact) mass is 574 g/mol. The number of nitrogens with one attached hydrogen (secondary N) is 1. The maximum atomic E-state index is 14.9. The van der Waals surface area contributed by atoms with E-state index in [1.807, 2.05) is 66.4 Å². The van der Waals surface area contributed by atoms with Crippen molar-refractivity contribution in [3.8, 4) is 5.75 Å². The van der Waals surface area contributed by atoms with E-state index in [0.29, 0.717) is 22.6 Å². The van der Waals surface area contributed by atoms with Crippen LogP contribution in [0.5, 0.6) is 5.75 Å². The highest BCUT2D eigenvalue weighted by Crippen LogP contribution is 2.59. The quantitative estimate of drug-likeness (QED) is 0.272. The number of halogens is 1. The van der Waals surface area contributed by atoms with Gasteiger partial charge < -0.3 is 15.0 Å². The number of ether oxygens (including phenoxy) is 1. The van der Waals surface area contributed by atoms with E-state index < -0.39 is 23.4 Å². The van der Waals surface area contributed by atoms with Crippen molar-refractivity contribution in [2.24, 2.45) is 5.92 Å². The smallest absolute Gasteiger partial charge is 0.238 e. The molecular formula is C35H27ClN2O4. The second kappa shape index (κ2) is 9.71. The molecule has 0 bridgehead atoms. The molecule has 4 aromatic rings. The summed E-state index contributed by atoms with van der Waals surface area (Å²) in [7, 11) is 1.54. The van der Waals surface area contributed by atoms with Gasteiger partial charge in [-0.1, -0.05) is 78.3 Å². The van der Waals surface area contributed by atoms with Gasteiger partial charge in [-0.3, -0.25) is 14.4 Å². The molecule has 3 aliphatic rings. The molecule has 7 heteroatoms. The zero-order valence-corrected chi connectivity index (χ0v) is 23.8. The molecule has 4 aromatic carbocycles. The highest BCUT2D eigenvalue weighted by molar-refractivity contribution is 6.34. The average molecular weight is 575 g/mol. The zero-order chi connectivity index (χ0) is 29.2. The molecule has 1 saturated heterocycles. The van der Waals surface area contributed by atoms with E-state index in [9.17, 15) is 14.4 Å². The number of hydrogen-bond donors (Lipinski definition) is 1. The Morgan fingerprint density at radius 1 is 0.905 bits per heavy atom. The number of ketones is 2. The van der Waals surface area contributed by atoms with Crippen LogP contribution in [0.15, 0.2) is 103 Å². The van der Waals surface area contributed by atoms with E-state index >= 15 is 0 Å². The number of carbonyl (C=O) groups is 3. The lowest BCUT2D eigenvalue weighted by Gasteiger charge is -2.39. The van der Waals surface area contributed by atoms with E-state index in [4.69, 9.17) is 16.3 Å². The summed E-state index contributed by atoms with van der Waals surface area (Å²) in [4.78, 5) is 46.2. The second-order valence-corrected chi connectivity index (χ2v) is 11.4. The Bertz CT molecular complexity index is 1830. The summed E-state index contributed by atoms with van der Waals surface area (Å²) < 4.78 is 5.44. The SMILES string of the molecule is COc1cccc(C(=O)[C@H]2[C@@H](C(=O)c3ccccc3Cl)[C@]3(C(=O)Nc4ccccc43)[C@H]3C=C(C)c4ccccc4N23)c1. The van der Waals surface area contributed by atoms with Gasteiger partial charge in [0.2, 0.25) is 5.91 Å². The van der Waals surface area contributed by atoms with Crippen LogP contribution in [0.3, 0.4) is 0 Å². The fourth-order valence-electron chi connectivity index (χ4n) is 7.16. The number of carbonyl (C=O) groups excluding carboxylic acids is 3. The summed E-state index contributed by atoms with van der Waals surface area (Å²) in [5.41, 5.74) is 3.32. The van der Waals surface area contributed by atoms with Crippen LogP contribution in [-0.2, 0) is 10.2 Å². The van der Waals surface area contributed by atoms with Crippen LogP contribution in [-0.4, -0.2) is 36.7 Å². The van der Waals surface area contributed by atoms with E-state index in [1.54, 1.807) is 55.6 Å². The lowest BCUT2D eigenvalue weighted by molar-refractivity contribution is -0.121. The van der Waals surface area contributed by atoms with E-state index in [0.717, 1.165) is 16.8 Å². The number of hydrogen-bond acceptors (Lipinski definition) is 5. The lowest BCUT2D eigenvalue weighted by atomic mass is 9.64. The molecule has 0 aromatic heterocycles. The number of allylic oxidation sites excluding steroid dienone is 1. The Morgan fingerprint density at radius 2 is 1.64 bits per heavy atom. The zero-order valence-electron chi connectivity index (χ0n) is 23.0. The van der Waals surface area contributed by atoms with Crippen molar-refractivity contribution in [3.05, 3.63) is 130 Å². The molecule has 4 atom stereocenters. The molecule has 7 rings (SSSR count). The Kier molecular flexibility index (Phi) is 6.06. The molecule has 1 spiro atoms. The van der Waals surface area contributed by atoms with E-state index in [1.165, 1.54) is 0 Å². The van der Waals surface area contributed by atoms with Crippen molar-refractivity contribution in [3.63, 3.8) is 0 Å². The predicted molar refractivity (Wildman–Crippen MR) is 163 cm³/mol. The highest BCUT2D eigenvalue weighted by atomic mass is 35.5. The first kappa shape index (κ1) is 26.2. The van der Waals surface area contributed by atoms with Crippen molar-refractivity contribution < 1.29 is 19.1 Å². The van der Waals surface area contributed by atoms with Crippen LogP contribution >= 0.6 is 11.6 Å². The number of Topliss-reactive ketones (excluding diaryl/α,β-unsaturated/α-hetero) is 2. The number of anilines is 2. The molecule has 208 valence electrons. The first-order valence-corrected chi connectivity index (χ1v) is 14.2. The molecule has 1 amide bonds. The third-order valence-corrected chi connectivity index (χ3v) is 9.26. The van der Waals surface area contributed by atoms with E-state index in [-0.39, 0.29) is 28.1 Å². The maximum absolute atomic E-state index is 14.9. The van der Waals surface area contributed by atoms with Gasteiger partial charge in [0, 0.05) is 28.1 Å². The van der Waals surface area contributed by atoms with Gasteiger partial charge in [-0.15, -0.1) is 0 Å². The molecule has 1 fully saturated rings. The molecule has 1 N–H and O–H groups in total. The topological polar surface area (TPSA) is 75.7 Å². The first-order valence-electron chi connectivity index (χ1n) is 13.8. The Hall–Kier alpha value is -4.68. The lowest BCUT2D eigenvalue weighted by Crippen LogP contribution is -2.51. The number of rotatable bonds is 5. The van der Waals surface area contributed by atoms with Crippen molar-refractivity contribution >= 4 is 46.0 Å². The summed E-state index contributed by atoms with van der Waals surface area (Å²) in [6.07, 6.45) is 2.04. The van der Waals surface area contributed by atoms with Crippen LogP contribution in [0.4, 0.5) is 11.4 Å². The highest BCUT2D eigenvalue weighted by Gasteiger charge is 2.70. The Labute approximate surface area is 248 Å². The van der Waals surface area contributed by atoms with Crippen molar-refractivity contribution in [2.45, 2.75) is 24.4 Å². The van der Waals surface area contributed by atoms with Gasteiger partial charge in [0.15, 0.2) is 11.6 Å². The molecule has 3 aliphatic heterocycles. The molecule has 6 nitrogen and oxygen atoms in total. The summed E-state index contributed by atoms with van der Waals surface area (Å²) >= 11 is 6.62. The minimum atomic E-state index is -1.40. The van der Waals surface area contributed by atoms with Gasteiger partial charge in [0.1, 0.15) is 17.2 Å². The third-order valence-electron chi connectivity index (χ3n) is 8.93. The van der Waals surface area contributed by atoms with Gasteiger partial charge in [0.25, 0.3) is 0 Å². The van der Waals surface area contributed by atoms with Crippen molar-refractivity contribution in [1.29, 1.82) is 0 Å². The molecule has 0 unspecified atom stereocenters. The standard InChI is InChI=1S/C35H27ClN2O4/c1-20-18-29-35(25-14-5-7-16-27(25)37-34(35)41)30(33(40)24-13-3-6-15-26(24)36)31(38(29)28-17-8-4-12-23(20)28)32(39)21-10-9-11-22(19-21)42-2/h3-19,29-31H,1-2H3,(H,37,41)/t29-,30+,31-,35-/m1/s1. The van der Waals surface area contributed by atoms with Crippen LogP contribution in [0, 0.1) is 5.92 Å². The summed E-state index contributed by atoms with van der Waals surface area (Å²) in [5, 5.41) is 3.33. The number of amides is 1. The third kappa shape index (κ3) is 3.55. The van der Waals surface area contributed by atoms with Gasteiger partial charge in [-0.25, -0.2) is 0 Å². The fraction of sp³-hybridized carbons (Fsp3) is 0.171. The Morgan fingerprint density at radius 3 is 2.45 bits per heavy atom. The van der Waals surface area contributed by atoms with Gasteiger partial charge in [-0.05, 0) is 54.5 Å². The number of methoxy groups -OCH3 is 1. The molecule has 3 heterocycles. The first-order chi connectivity index (χ1) is 20.4.